The van der Waals surface area contributed by atoms with Gasteiger partial charge in [0.25, 0.3) is 0 Å². The van der Waals surface area contributed by atoms with E-state index in [0.717, 1.165) is 12.8 Å². The van der Waals surface area contributed by atoms with E-state index >= 15 is 0 Å². The lowest BCUT2D eigenvalue weighted by Gasteiger charge is -2.08. The lowest BCUT2D eigenvalue weighted by Crippen LogP contribution is -2.37. The number of hydrogen-bond donors (Lipinski definition) is 3. The van der Waals surface area contributed by atoms with Gasteiger partial charge in [0.05, 0.1) is 0 Å². The monoisotopic (exact) mass is 369 g/mol. The predicted octanol–water partition coefficient (Wildman–Crippen LogP) is 5.84. The highest BCUT2D eigenvalue weighted by Crippen LogP contribution is 2.13. The van der Waals surface area contributed by atoms with Crippen molar-refractivity contribution in [3.05, 3.63) is 0 Å². The average molecular weight is 370 g/mol. The van der Waals surface area contributed by atoms with Gasteiger partial charge in [0.15, 0.2) is 0 Å². The van der Waals surface area contributed by atoms with E-state index in [9.17, 15) is 4.79 Å². The number of carbonyl (C=O) groups excluding carboxylic acids is 1. The maximum Gasteiger partial charge on any atom is 0.332 e. The summed E-state index contributed by atoms with van der Waals surface area (Å²) in [6.45, 7) is 4.78. The van der Waals surface area contributed by atoms with Gasteiger partial charge >= 0.3 is 5.97 Å². The van der Waals surface area contributed by atoms with Crippen LogP contribution in [-0.2, 0) is 9.63 Å². The molecule has 0 atom stereocenters. The van der Waals surface area contributed by atoms with Crippen LogP contribution in [0.15, 0.2) is 0 Å². The molecule has 0 radical (unpaired) electrons. The Morgan fingerprint density at radius 1 is 0.731 bits per heavy atom. The fourth-order valence-electron chi connectivity index (χ4n) is 3.01. The van der Waals surface area contributed by atoms with E-state index in [1.54, 1.807) is 0 Å². The zero-order valence-corrected chi connectivity index (χ0v) is 17.3. The van der Waals surface area contributed by atoms with Crippen LogP contribution in [0.3, 0.4) is 0 Å². The standard InChI is InChI=1S/C21H43N3O2/c1-3-5-6-7-8-9-10-11-12-13-14-15-16-17-18-19-20(25)26-24-21(22)23-4-2/h3-19H2,1-2H3,(H3,22,23,24). The summed E-state index contributed by atoms with van der Waals surface area (Å²) in [7, 11) is 0. The molecule has 0 aliphatic heterocycles. The van der Waals surface area contributed by atoms with Gasteiger partial charge < -0.3 is 10.2 Å². The first kappa shape index (κ1) is 24.7. The first-order valence-corrected chi connectivity index (χ1v) is 11.0. The molecule has 0 aromatic rings. The van der Waals surface area contributed by atoms with Gasteiger partial charge in [-0.1, -0.05) is 96.8 Å². The highest BCUT2D eigenvalue weighted by molar-refractivity contribution is 5.78. The Morgan fingerprint density at radius 2 is 1.15 bits per heavy atom. The summed E-state index contributed by atoms with van der Waals surface area (Å²) in [5, 5.41) is 10.1. The molecular formula is C21H43N3O2. The predicted molar refractivity (Wildman–Crippen MR) is 110 cm³/mol. The molecule has 0 aromatic heterocycles. The Bertz CT molecular complexity index is 335. The molecule has 154 valence electrons. The molecule has 0 rings (SSSR count). The highest BCUT2D eigenvalue weighted by atomic mass is 16.7. The van der Waals surface area contributed by atoms with Crippen LogP contribution in [0.4, 0.5) is 0 Å². The normalized spacial score (nSPS) is 10.5. The molecule has 0 heterocycles. The minimum absolute atomic E-state index is 0.0253. The molecule has 0 aromatic carbocycles. The smallest absolute Gasteiger partial charge is 0.332 e. The molecule has 5 nitrogen and oxygen atoms in total. The van der Waals surface area contributed by atoms with E-state index < -0.39 is 0 Å². The number of unbranched alkanes of at least 4 members (excludes halogenated alkanes) is 14. The van der Waals surface area contributed by atoms with Gasteiger partial charge in [-0.25, -0.2) is 4.79 Å². The second-order valence-electron chi connectivity index (χ2n) is 7.18. The highest BCUT2D eigenvalue weighted by Gasteiger charge is 2.04. The van der Waals surface area contributed by atoms with Crippen molar-refractivity contribution in [2.45, 2.75) is 117 Å². The fraction of sp³-hybridized carbons (Fsp3) is 0.905. The Kier molecular flexibility index (Phi) is 19.1. The van der Waals surface area contributed by atoms with Crippen molar-refractivity contribution in [1.29, 1.82) is 5.41 Å². The Morgan fingerprint density at radius 3 is 1.58 bits per heavy atom. The number of nitrogens with one attached hydrogen (secondary N) is 3. The van der Waals surface area contributed by atoms with E-state index in [0.29, 0.717) is 13.0 Å². The number of carbonyl (C=O) groups is 1. The zero-order chi connectivity index (χ0) is 19.3. The van der Waals surface area contributed by atoms with Crippen molar-refractivity contribution in [2.24, 2.45) is 0 Å². The second kappa shape index (κ2) is 20.1. The summed E-state index contributed by atoms with van der Waals surface area (Å²) in [6.07, 6.45) is 20.1. The number of guanidine groups is 1. The Hall–Kier alpha value is -1.26. The molecule has 0 spiro atoms. The van der Waals surface area contributed by atoms with Crippen molar-refractivity contribution in [1.82, 2.24) is 10.8 Å². The van der Waals surface area contributed by atoms with Gasteiger partial charge in [-0.3, -0.25) is 5.41 Å². The van der Waals surface area contributed by atoms with Crippen LogP contribution in [0.25, 0.3) is 0 Å². The summed E-state index contributed by atoms with van der Waals surface area (Å²) in [6, 6.07) is 0. The van der Waals surface area contributed by atoms with Crippen LogP contribution in [0.2, 0.25) is 0 Å². The summed E-state index contributed by atoms with van der Waals surface area (Å²) in [5.41, 5.74) is 2.31. The van der Waals surface area contributed by atoms with Crippen LogP contribution < -0.4 is 10.8 Å². The molecule has 0 saturated heterocycles. The first-order chi connectivity index (χ1) is 12.7. The van der Waals surface area contributed by atoms with E-state index in [1.807, 2.05) is 6.92 Å². The molecule has 0 unspecified atom stereocenters. The van der Waals surface area contributed by atoms with Crippen LogP contribution in [0, 0.1) is 5.41 Å². The summed E-state index contributed by atoms with van der Waals surface area (Å²) < 4.78 is 0. The van der Waals surface area contributed by atoms with Crippen LogP contribution in [0.1, 0.15) is 117 Å². The molecule has 0 aliphatic carbocycles. The number of rotatable bonds is 17. The van der Waals surface area contributed by atoms with Crippen LogP contribution in [0.5, 0.6) is 0 Å². The van der Waals surface area contributed by atoms with Crippen molar-refractivity contribution in [3.63, 3.8) is 0 Å². The number of hydrogen-bond acceptors (Lipinski definition) is 3. The summed E-state index contributed by atoms with van der Waals surface area (Å²) in [5.74, 6) is -0.264. The van der Waals surface area contributed by atoms with E-state index in [-0.39, 0.29) is 11.9 Å². The molecule has 0 bridgehead atoms. The van der Waals surface area contributed by atoms with Gasteiger partial charge in [0.2, 0.25) is 5.96 Å². The molecule has 0 saturated carbocycles. The Labute approximate surface area is 161 Å². The molecule has 0 aliphatic rings. The molecule has 0 amide bonds. The average Bonchev–Trinajstić information content (AvgIpc) is 2.63. The van der Waals surface area contributed by atoms with Crippen molar-refractivity contribution in [3.8, 4) is 0 Å². The Balaban J connectivity index is 3.17. The summed E-state index contributed by atoms with van der Waals surface area (Å²) in [4.78, 5) is 16.3. The molecule has 5 heteroatoms. The molecular weight excluding hydrogens is 326 g/mol. The first-order valence-electron chi connectivity index (χ1n) is 11.0. The van der Waals surface area contributed by atoms with E-state index in [4.69, 9.17) is 10.2 Å². The molecule has 0 fully saturated rings. The maximum absolute atomic E-state index is 11.5. The quantitative estimate of drug-likeness (QED) is 0.130. The third kappa shape index (κ3) is 19.1. The third-order valence-electron chi connectivity index (χ3n) is 4.60. The van der Waals surface area contributed by atoms with Crippen molar-refractivity contribution >= 4 is 11.9 Å². The minimum atomic E-state index is -0.289. The van der Waals surface area contributed by atoms with Gasteiger partial charge in [-0.05, 0) is 13.3 Å². The van der Waals surface area contributed by atoms with Crippen LogP contribution >= 0.6 is 0 Å². The lowest BCUT2D eigenvalue weighted by molar-refractivity contribution is -0.148. The van der Waals surface area contributed by atoms with E-state index in [2.05, 4.69) is 17.7 Å². The maximum atomic E-state index is 11.5. The molecule has 26 heavy (non-hydrogen) atoms. The fourth-order valence-corrected chi connectivity index (χ4v) is 3.01. The van der Waals surface area contributed by atoms with Gasteiger partial charge in [0.1, 0.15) is 0 Å². The zero-order valence-electron chi connectivity index (χ0n) is 17.3. The summed E-state index contributed by atoms with van der Waals surface area (Å²) >= 11 is 0. The number of hydroxylamine groups is 1. The largest absolute Gasteiger partial charge is 0.354 e. The second-order valence-corrected chi connectivity index (χ2v) is 7.18. The molecule has 3 N–H and O–H groups in total. The van der Waals surface area contributed by atoms with E-state index in [1.165, 1.54) is 83.5 Å². The van der Waals surface area contributed by atoms with Gasteiger partial charge in [-0.15, -0.1) is 0 Å². The minimum Gasteiger partial charge on any atom is -0.354 e. The van der Waals surface area contributed by atoms with Crippen molar-refractivity contribution < 1.29 is 9.63 Å². The van der Waals surface area contributed by atoms with Gasteiger partial charge in [-0.2, -0.15) is 5.48 Å². The third-order valence-corrected chi connectivity index (χ3v) is 4.60. The van der Waals surface area contributed by atoms with Gasteiger partial charge in [0, 0.05) is 13.0 Å². The van der Waals surface area contributed by atoms with Crippen LogP contribution in [-0.4, -0.2) is 18.5 Å². The van der Waals surface area contributed by atoms with Crippen molar-refractivity contribution in [2.75, 3.05) is 6.54 Å². The lowest BCUT2D eigenvalue weighted by atomic mass is 10.0. The topological polar surface area (TPSA) is 74.2 Å². The SMILES string of the molecule is CCCCCCCCCCCCCCCCCC(=O)ONC(=N)NCC.